The third kappa shape index (κ3) is 5.89. The normalized spacial score (nSPS) is 14.7. The van der Waals surface area contributed by atoms with E-state index in [0.717, 1.165) is 74.4 Å². The number of hydrogen-bond donors (Lipinski definition) is 2. The maximum absolute atomic E-state index is 4.65. The maximum Gasteiger partial charge on any atom is 0.118 e. The SMILES string of the molecule is C1=CC(c2ccccn2)(c2ccccn2)Cc2[nH]nc(-c3ccccn3)c21.C1=CC(c2ccccn2)(c2ccccn2)Cc2[nH]nc(-c3cccnc3)c21. The summed E-state index contributed by atoms with van der Waals surface area (Å²) >= 11 is 0. The van der Waals surface area contributed by atoms with Gasteiger partial charge in [-0.3, -0.25) is 40.1 Å². The van der Waals surface area contributed by atoms with Gasteiger partial charge < -0.3 is 0 Å². The summed E-state index contributed by atoms with van der Waals surface area (Å²) in [5, 5.41) is 15.6. The first-order chi connectivity index (χ1) is 26.7. The Balaban J connectivity index is 0.000000142. The minimum Gasteiger partial charge on any atom is -0.281 e. The van der Waals surface area contributed by atoms with Crippen molar-refractivity contribution in [3.8, 4) is 22.6 Å². The number of pyridine rings is 6. The van der Waals surface area contributed by atoms with Crippen molar-refractivity contribution in [1.82, 2.24) is 50.3 Å². The van der Waals surface area contributed by atoms with Crippen LogP contribution in [0.5, 0.6) is 0 Å². The molecule has 260 valence electrons. The summed E-state index contributed by atoms with van der Waals surface area (Å²) in [6, 6.07) is 33.8. The minimum atomic E-state index is -0.427. The van der Waals surface area contributed by atoms with E-state index in [4.69, 9.17) is 0 Å². The molecule has 0 saturated carbocycles. The molecule has 0 spiro atoms. The Kier molecular flexibility index (Phi) is 8.52. The van der Waals surface area contributed by atoms with Crippen molar-refractivity contribution in [2.24, 2.45) is 0 Å². The first kappa shape index (κ1) is 32.7. The molecular weight excluding hydrogens is 669 g/mol. The van der Waals surface area contributed by atoms with Gasteiger partial charge in [0.2, 0.25) is 0 Å². The molecule has 2 N–H and O–H groups in total. The molecular formula is C44H34N10. The van der Waals surface area contributed by atoms with Crippen LogP contribution >= 0.6 is 0 Å². The fourth-order valence-electron chi connectivity index (χ4n) is 7.42. The molecule has 0 radical (unpaired) electrons. The van der Waals surface area contributed by atoms with E-state index in [1.165, 1.54) is 0 Å². The van der Waals surface area contributed by atoms with Crippen LogP contribution in [0, 0.1) is 0 Å². The van der Waals surface area contributed by atoms with Gasteiger partial charge in [-0.1, -0.05) is 54.6 Å². The van der Waals surface area contributed by atoms with Crippen LogP contribution in [0.15, 0.2) is 159 Å². The molecule has 8 aromatic rings. The van der Waals surface area contributed by atoms with Crippen molar-refractivity contribution in [3.05, 3.63) is 204 Å². The highest BCUT2D eigenvalue weighted by atomic mass is 15.1. The lowest BCUT2D eigenvalue weighted by Crippen LogP contribution is -2.32. The van der Waals surface area contributed by atoms with E-state index < -0.39 is 10.8 Å². The van der Waals surface area contributed by atoms with Gasteiger partial charge in [0, 0.05) is 84.3 Å². The fraction of sp³-hybridized carbons (Fsp3) is 0.0909. The zero-order valence-electron chi connectivity index (χ0n) is 29.2. The van der Waals surface area contributed by atoms with E-state index in [1.807, 2.05) is 110 Å². The topological polar surface area (TPSA) is 135 Å². The fourth-order valence-corrected chi connectivity index (χ4v) is 7.42. The molecule has 0 fully saturated rings. The van der Waals surface area contributed by atoms with Crippen molar-refractivity contribution in [2.75, 3.05) is 0 Å². The molecule has 10 rings (SSSR count). The quantitative estimate of drug-likeness (QED) is 0.181. The summed E-state index contributed by atoms with van der Waals surface area (Å²) in [5.41, 5.74) is 11.0. The van der Waals surface area contributed by atoms with Crippen molar-refractivity contribution < 1.29 is 0 Å². The van der Waals surface area contributed by atoms with E-state index in [0.29, 0.717) is 6.42 Å². The average Bonchev–Trinajstić information content (AvgIpc) is 3.89. The second kappa shape index (κ2) is 14.1. The molecule has 8 heterocycles. The van der Waals surface area contributed by atoms with Crippen molar-refractivity contribution >= 4 is 12.2 Å². The molecule has 2 aliphatic rings. The lowest BCUT2D eigenvalue weighted by atomic mass is 9.72. The zero-order valence-corrected chi connectivity index (χ0v) is 29.2. The number of nitrogens with one attached hydrogen (secondary N) is 2. The van der Waals surface area contributed by atoms with E-state index >= 15 is 0 Å². The molecule has 0 aliphatic heterocycles. The Bertz CT molecular complexity index is 2270. The molecule has 0 unspecified atom stereocenters. The van der Waals surface area contributed by atoms with Gasteiger partial charge in [0.25, 0.3) is 0 Å². The third-order valence-electron chi connectivity index (χ3n) is 10.1. The van der Waals surface area contributed by atoms with Gasteiger partial charge in [0.15, 0.2) is 0 Å². The first-order valence-electron chi connectivity index (χ1n) is 17.7. The zero-order chi connectivity index (χ0) is 36.2. The average molecular weight is 703 g/mol. The Morgan fingerprint density at radius 2 is 0.907 bits per heavy atom. The van der Waals surface area contributed by atoms with Gasteiger partial charge in [-0.25, -0.2) is 0 Å². The Morgan fingerprint density at radius 3 is 1.33 bits per heavy atom. The summed E-state index contributed by atoms with van der Waals surface area (Å²) < 4.78 is 0. The summed E-state index contributed by atoms with van der Waals surface area (Å²) in [6.07, 6.45) is 22.8. The van der Waals surface area contributed by atoms with Crippen LogP contribution in [-0.4, -0.2) is 50.3 Å². The number of fused-ring (bicyclic) bond motifs is 2. The molecule has 10 heteroatoms. The molecule has 0 atom stereocenters. The number of H-pyrrole nitrogens is 2. The Labute approximate surface area is 311 Å². The van der Waals surface area contributed by atoms with Crippen LogP contribution in [-0.2, 0) is 23.7 Å². The van der Waals surface area contributed by atoms with Crippen LogP contribution in [0.2, 0.25) is 0 Å². The summed E-state index contributed by atoms with van der Waals surface area (Å²) in [4.78, 5) is 27.3. The van der Waals surface area contributed by atoms with Crippen LogP contribution < -0.4 is 0 Å². The van der Waals surface area contributed by atoms with E-state index in [2.05, 4.69) is 98.9 Å². The van der Waals surface area contributed by atoms with Gasteiger partial charge in [-0.15, -0.1) is 0 Å². The largest absolute Gasteiger partial charge is 0.281 e. The number of hydrogen-bond acceptors (Lipinski definition) is 8. The molecule has 54 heavy (non-hydrogen) atoms. The van der Waals surface area contributed by atoms with Crippen molar-refractivity contribution in [1.29, 1.82) is 0 Å². The number of nitrogens with zero attached hydrogens (tertiary/aromatic N) is 8. The molecule has 0 aromatic carbocycles. The van der Waals surface area contributed by atoms with Crippen LogP contribution in [0.25, 0.3) is 34.8 Å². The maximum atomic E-state index is 4.65. The Hall–Kier alpha value is -7.20. The summed E-state index contributed by atoms with van der Waals surface area (Å²) in [7, 11) is 0. The number of aromatic nitrogens is 10. The molecule has 10 nitrogen and oxygen atoms in total. The predicted octanol–water partition coefficient (Wildman–Crippen LogP) is 7.63. The highest BCUT2D eigenvalue weighted by Crippen LogP contribution is 2.42. The molecule has 0 saturated heterocycles. The number of allylic oxidation sites excluding steroid dienone is 2. The summed E-state index contributed by atoms with van der Waals surface area (Å²) in [6.45, 7) is 0. The van der Waals surface area contributed by atoms with Gasteiger partial charge >= 0.3 is 0 Å². The van der Waals surface area contributed by atoms with Gasteiger partial charge in [-0.2, -0.15) is 10.2 Å². The monoisotopic (exact) mass is 702 g/mol. The molecule has 2 aliphatic carbocycles. The van der Waals surface area contributed by atoms with Crippen LogP contribution in [0.3, 0.4) is 0 Å². The number of rotatable bonds is 6. The molecule has 8 aromatic heterocycles. The molecule has 0 amide bonds. The highest BCUT2D eigenvalue weighted by molar-refractivity contribution is 5.76. The highest BCUT2D eigenvalue weighted by Gasteiger charge is 2.40. The smallest absolute Gasteiger partial charge is 0.118 e. The van der Waals surface area contributed by atoms with Crippen LogP contribution in [0.4, 0.5) is 0 Å². The van der Waals surface area contributed by atoms with Gasteiger partial charge in [-0.05, 0) is 72.8 Å². The van der Waals surface area contributed by atoms with Crippen LogP contribution in [0.1, 0.15) is 45.3 Å². The Morgan fingerprint density at radius 1 is 0.444 bits per heavy atom. The van der Waals surface area contributed by atoms with E-state index in [-0.39, 0.29) is 0 Å². The second-order valence-electron chi connectivity index (χ2n) is 13.2. The van der Waals surface area contributed by atoms with Crippen molar-refractivity contribution in [3.63, 3.8) is 0 Å². The van der Waals surface area contributed by atoms with E-state index in [9.17, 15) is 0 Å². The predicted molar refractivity (Wildman–Crippen MR) is 208 cm³/mol. The third-order valence-corrected chi connectivity index (χ3v) is 10.1. The lowest BCUT2D eigenvalue weighted by molar-refractivity contribution is 0.582. The summed E-state index contributed by atoms with van der Waals surface area (Å²) in [5.74, 6) is 0. The van der Waals surface area contributed by atoms with Gasteiger partial charge in [0.05, 0.1) is 39.3 Å². The standard InChI is InChI=1S/2C22H17N5/c1-4-12-23-17(7-1)21-16-10-11-22(15-18(16)26-27-21,19-8-2-5-13-24-19)20-9-3-6-14-25-20;1-3-12-24-19(7-1)22(20-8-2-4-13-25-20)10-9-17-18(14-22)26-27-21(17)16-6-5-11-23-15-16/h1-14H,15H2,(H,26,27);1-13,15H,14H2,(H,26,27). The van der Waals surface area contributed by atoms with E-state index in [1.54, 1.807) is 12.4 Å². The van der Waals surface area contributed by atoms with Crippen molar-refractivity contribution in [2.45, 2.75) is 23.7 Å². The number of aromatic amines is 2. The first-order valence-corrected chi connectivity index (χ1v) is 17.7. The minimum absolute atomic E-state index is 0.422. The molecule has 0 bridgehead atoms. The second-order valence-corrected chi connectivity index (χ2v) is 13.2. The van der Waals surface area contributed by atoms with Gasteiger partial charge in [0.1, 0.15) is 11.4 Å². The lowest BCUT2D eigenvalue weighted by Gasteiger charge is -2.32.